The molecule has 3 aromatic rings. The van der Waals surface area contributed by atoms with E-state index in [2.05, 4.69) is 5.32 Å². The lowest BCUT2D eigenvalue weighted by Crippen LogP contribution is -2.55. The Morgan fingerprint density at radius 3 is 2.31 bits per heavy atom. The van der Waals surface area contributed by atoms with Gasteiger partial charge in [0, 0.05) is 31.4 Å². The Balaban J connectivity index is 0.00000361. The van der Waals surface area contributed by atoms with Gasteiger partial charge in [-0.25, -0.2) is 4.39 Å². The third-order valence-corrected chi connectivity index (χ3v) is 6.06. The molecule has 2 atom stereocenters. The molecular formula is C27H28Cl2FN3O3. The molecule has 0 saturated carbocycles. The van der Waals surface area contributed by atoms with Crippen molar-refractivity contribution in [2.75, 3.05) is 30.4 Å². The lowest BCUT2D eigenvalue weighted by atomic mass is 10.0. The maximum atomic E-state index is 13.8. The molecule has 1 saturated heterocycles. The van der Waals surface area contributed by atoms with Crippen LogP contribution in [0.15, 0.2) is 78.9 Å². The SMILES string of the molecule is C[C@H]1CN(C(=O)[C@H](c2ccc(F)cc2)N(C(=O)CCl)c2ccc(Oc3ccccc3)cc2)CCN1.Cl. The van der Waals surface area contributed by atoms with Crippen molar-refractivity contribution in [2.24, 2.45) is 0 Å². The molecule has 3 aromatic carbocycles. The Hall–Kier alpha value is -3.13. The van der Waals surface area contributed by atoms with Crippen molar-refractivity contribution in [3.8, 4) is 11.5 Å². The summed E-state index contributed by atoms with van der Waals surface area (Å²) in [5.41, 5.74) is 0.993. The highest BCUT2D eigenvalue weighted by Gasteiger charge is 2.36. The number of carbonyl (C=O) groups excluding carboxylic acids is 2. The molecule has 9 heteroatoms. The van der Waals surface area contributed by atoms with Gasteiger partial charge in [-0.3, -0.25) is 14.5 Å². The average Bonchev–Trinajstić information content (AvgIpc) is 2.88. The maximum Gasteiger partial charge on any atom is 0.250 e. The number of piperazine rings is 1. The van der Waals surface area contributed by atoms with Crippen LogP contribution in [0.2, 0.25) is 0 Å². The second-order valence-corrected chi connectivity index (χ2v) is 8.67. The van der Waals surface area contributed by atoms with Gasteiger partial charge in [-0.2, -0.15) is 0 Å². The van der Waals surface area contributed by atoms with E-state index >= 15 is 0 Å². The summed E-state index contributed by atoms with van der Waals surface area (Å²) >= 11 is 5.99. The monoisotopic (exact) mass is 531 g/mol. The summed E-state index contributed by atoms with van der Waals surface area (Å²) in [7, 11) is 0. The maximum absolute atomic E-state index is 13.8. The van der Waals surface area contributed by atoms with Gasteiger partial charge in [-0.1, -0.05) is 30.3 Å². The molecule has 0 aromatic heterocycles. The number of rotatable bonds is 7. The van der Waals surface area contributed by atoms with Gasteiger partial charge < -0.3 is 15.0 Å². The molecule has 190 valence electrons. The van der Waals surface area contributed by atoms with Crippen LogP contribution >= 0.6 is 24.0 Å². The second kappa shape index (κ2) is 12.7. The first-order valence-electron chi connectivity index (χ1n) is 11.4. The molecule has 1 aliphatic rings. The standard InChI is InChI=1S/C27H27ClFN3O3.ClH/c1-19-18-31(16-15-30-19)27(34)26(20-7-9-21(29)10-8-20)32(25(33)17-28)22-11-13-24(14-12-22)35-23-5-3-2-4-6-23;/h2-14,19,26,30H,15-18H2,1H3;1H/t19-,26-;/m0./s1. The number of nitrogens with one attached hydrogen (secondary N) is 1. The third-order valence-electron chi connectivity index (χ3n) is 5.84. The predicted molar refractivity (Wildman–Crippen MR) is 142 cm³/mol. The zero-order chi connectivity index (χ0) is 24.8. The Morgan fingerprint density at radius 2 is 1.69 bits per heavy atom. The highest BCUT2D eigenvalue weighted by atomic mass is 35.5. The quantitative estimate of drug-likeness (QED) is 0.427. The number of halogens is 3. The van der Waals surface area contributed by atoms with E-state index in [1.165, 1.54) is 29.2 Å². The summed E-state index contributed by atoms with van der Waals surface area (Å²) in [5.74, 6) is -0.152. The van der Waals surface area contributed by atoms with E-state index in [4.69, 9.17) is 16.3 Å². The molecule has 0 spiro atoms. The molecule has 1 fully saturated rings. The molecule has 0 unspecified atom stereocenters. The van der Waals surface area contributed by atoms with Crippen LogP contribution < -0.4 is 15.0 Å². The number of carbonyl (C=O) groups is 2. The first-order valence-corrected chi connectivity index (χ1v) is 12.0. The minimum absolute atomic E-state index is 0. The van der Waals surface area contributed by atoms with E-state index in [9.17, 15) is 14.0 Å². The van der Waals surface area contributed by atoms with Crippen LogP contribution in [0.4, 0.5) is 10.1 Å². The Bertz CT molecular complexity index is 1150. The van der Waals surface area contributed by atoms with Gasteiger partial charge in [0.05, 0.1) is 0 Å². The average molecular weight is 532 g/mol. The van der Waals surface area contributed by atoms with Crippen LogP contribution in [0.5, 0.6) is 11.5 Å². The molecule has 0 radical (unpaired) electrons. The molecule has 36 heavy (non-hydrogen) atoms. The number of anilines is 1. The molecule has 1 heterocycles. The number of hydrogen-bond donors (Lipinski definition) is 1. The fourth-order valence-corrected chi connectivity index (χ4v) is 4.28. The van der Waals surface area contributed by atoms with Crippen LogP contribution in [0.25, 0.3) is 0 Å². The zero-order valence-electron chi connectivity index (χ0n) is 19.8. The van der Waals surface area contributed by atoms with E-state index in [1.54, 1.807) is 29.2 Å². The van der Waals surface area contributed by atoms with Crippen molar-refractivity contribution in [1.29, 1.82) is 0 Å². The van der Waals surface area contributed by atoms with E-state index in [1.807, 2.05) is 37.3 Å². The minimum atomic E-state index is -0.993. The first-order chi connectivity index (χ1) is 17.0. The van der Waals surface area contributed by atoms with Crippen LogP contribution in [-0.4, -0.2) is 48.3 Å². The number of benzene rings is 3. The Kier molecular flexibility index (Phi) is 9.70. The van der Waals surface area contributed by atoms with Gasteiger partial charge in [0.1, 0.15) is 29.2 Å². The summed E-state index contributed by atoms with van der Waals surface area (Å²) in [6.07, 6.45) is 0. The molecule has 2 amide bonds. The largest absolute Gasteiger partial charge is 0.457 e. The van der Waals surface area contributed by atoms with Crippen LogP contribution in [0, 0.1) is 5.82 Å². The number of alkyl halides is 1. The van der Waals surface area contributed by atoms with E-state index in [0.29, 0.717) is 42.4 Å². The fourth-order valence-electron chi connectivity index (χ4n) is 4.15. The summed E-state index contributed by atoms with van der Waals surface area (Å²) in [6.45, 7) is 3.66. The highest BCUT2D eigenvalue weighted by Crippen LogP contribution is 2.32. The molecule has 1 aliphatic heterocycles. The normalized spacial score (nSPS) is 16.0. The number of para-hydroxylation sites is 1. The van der Waals surface area contributed by atoms with E-state index < -0.39 is 17.8 Å². The second-order valence-electron chi connectivity index (χ2n) is 8.40. The minimum Gasteiger partial charge on any atom is -0.457 e. The van der Waals surface area contributed by atoms with Gasteiger partial charge in [0.2, 0.25) is 5.91 Å². The zero-order valence-corrected chi connectivity index (χ0v) is 21.3. The van der Waals surface area contributed by atoms with Gasteiger partial charge in [-0.05, 0) is 61.0 Å². The predicted octanol–water partition coefficient (Wildman–Crippen LogP) is 5.17. The molecule has 1 N–H and O–H groups in total. The summed E-state index contributed by atoms with van der Waals surface area (Å²) in [5, 5.41) is 3.31. The fraction of sp³-hybridized carbons (Fsp3) is 0.259. The van der Waals surface area contributed by atoms with Crippen molar-refractivity contribution in [1.82, 2.24) is 10.2 Å². The van der Waals surface area contributed by atoms with Crippen molar-refractivity contribution in [2.45, 2.75) is 19.0 Å². The highest BCUT2D eigenvalue weighted by molar-refractivity contribution is 6.29. The van der Waals surface area contributed by atoms with Crippen LogP contribution in [0.1, 0.15) is 18.5 Å². The molecule has 0 aliphatic carbocycles. The van der Waals surface area contributed by atoms with E-state index in [0.717, 1.165) is 0 Å². The third kappa shape index (κ3) is 6.55. The Morgan fingerprint density at radius 1 is 1.06 bits per heavy atom. The van der Waals surface area contributed by atoms with Gasteiger partial charge in [0.15, 0.2) is 0 Å². The number of ether oxygens (including phenoxy) is 1. The smallest absolute Gasteiger partial charge is 0.250 e. The lowest BCUT2D eigenvalue weighted by molar-refractivity contribution is -0.135. The van der Waals surface area contributed by atoms with Gasteiger partial charge in [0.25, 0.3) is 5.91 Å². The van der Waals surface area contributed by atoms with Crippen molar-refractivity contribution < 1.29 is 18.7 Å². The van der Waals surface area contributed by atoms with Crippen molar-refractivity contribution in [3.63, 3.8) is 0 Å². The van der Waals surface area contributed by atoms with Crippen molar-refractivity contribution in [3.05, 3.63) is 90.2 Å². The molecular weight excluding hydrogens is 504 g/mol. The Labute approximate surface area is 221 Å². The van der Waals surface area contributed by atoms with Gasteiger partial charge in [-0.15, -0.1) is 24.0 Å². The lowest BCUT2D eigenvalue weighted by Gasteiger charge is -2.38. The summed E-state index contributed by atoms with van der Waals surface area (Å²) < 4.78 is 19.6. The number of hydrogen-bond acceptors (Lipinski definition) is 4. The first kappa shape index (κ1) is 27.5. The van der Waals surface area contributed by atoms with Crippen LogP contribution in [-0.2, 0) is 9.59 Å². The summed E-state index contributed by atoms with van der Waals surface area (Å²) in [4.78, 5) is 30.1. The number of amides is 2. The molecule has 4 rings (SSSR count). The molecule has 0 bridgehead atoms. The topological polar surface area (TPSA) is 61.9 Å². The van der Waals surface area contributed by atoms with Gasteiger partial charge >= 0.3 is 0 Å². The summed E-state index contributed by atoms with van der Waals surface area (Å²) in [6, 6.07) is 21.0. The van der Waals surface area contributed by atoms with Crippen molar-refractivity contribution >= 4 is 41.5 Å². The number of nitrogens with zero attached hydrogens (tertiary/aromatic N) is 2. The van der Waals surface area contributed by atoms with E-state index in [-0.39, 0.29) is 30.2 Å². The molecule has 6 nitrogen and oxygen atoms in total. The van der Waals surface area contributed by atoms with Crippen LogP contribution in [0.3, 0.4) is 0 Å².